The van der Waals surface area contributed by atoms with Crippen LogP contribution in [0.1, 0.15) is 13.8 Å². The Morgan fingerprint density at radius 2 is 1.18 bits per heavy atom. The van der Waals surface area contributed by atoms with Gasteiger partial charge in [0.2, 0.25) is 6.29 Å². The lowest BCUT2D eigenvalue weighted by Gasteiger charge is -2.48. The standard InChI is InChI=1S/C41H52O25/c1-13-26(47)30(51)34(55)38(59-13)58-12-24-29(50)32(53)36(40(63-24)60-17-7-18(45)25-19(46)9-20(61-21(25)8-17)15-3-5-16(44)6-4-15)66-41-37(33(54)28(49)23(64-41)11-57-14(2)43)65-39-35(56)31(52)27(48)22(10-42)62-39/h3-9,13,22-24,26-42,44-45,47-56H,10-12H2,1-2H3. The lowest BCUT2D eigenvalue weighted by atomic mass is 9.96. The first kappa shape index (κ1) is 49.7. The second-order valence-electron chi connectivity index (χ2n) is 16.2. The third kappa shape index (κ3) is 10.3. The molecule has 4 saturated heterocycles. The van der Waals surface area contributed by atoms with Crippen LogP contribution in [0.2, 0.25) is 0 Å². The van der Waals surface area contributed by atoms with Gasteiger partial charge in [-0.15, -0.1) is 0 Å². The summed E-state index contributed by atoms with van der Waals surface area (Å²) in [6.07, 6.45) is -36.3. The number of ether oxygens (including phenoxy) is 9. The highest BCUT2D eigenvalue weighted by Gasteiger charge is 2.55. The summed E-state index contributed by atoms with van der Waals surface area (Å²) >= 11 is 0. The van der Waals surface area contributed by atoms with Gasteiger partial charge in [0.15, 0.2) is 30.4 Å². The number of phenolic OH excluding ortho intramolecular Hbond substituents is 2. The molecule has 13 N–H and O–H groups in total. The highest BCUT2D eigenvalue weighted by molar-refractivity contribution is 5.86. The van der Waals surface area contributed by atoms with Gasteiger partial charge in [-0.25, -0.2) is 0 Å². The van der Waals surface area contributed by atoms with Crippen molar-refractivity contribution in [1.29, 1.82) is 0 Å². The average Bonchev–Trinajstić information content (AvgIpc) is 3.28. The summed E-state index contributed by atoms with van der Waals surface area (Å²) in [7, 11) is 0. The maximum Gasteiger partial charge on any atom is 0.302 e. The molecule has 0 spiro atoms. The molecule has 66 heavy (non-hydrogen) atoms. The lowest BCUT2D eigenvalue weighted by Crippen LogP contribution is -2.67. The third-order valence-electron chi connectivity index (χ3n) is 11.6. The SMILES string of the molecule is CC(=O)OCC1OC(OC2C(Oc3cc(O)c4c(=O)cc(-c5ccc(O)cc5)oc4c3)OC(COC3OC(C)C(O)C(O)C3O)C(O)C2O)C(OC2OC(CO)C(O)C(O)C2O)C(O)C1O. The summed E-state index contributed by atoms with van der Waals surface area (Å²) in [5.74, 6) is -1.87. The van der Waals surface area contributed by atoms with Crippen LogP contribution in [-0.4, -0.2) is 215 Å². The monoisotopic (exact) mass is 944 g/mol. The van der Waals surface area contributed by atoms with Gasteiger partial charge in [-0.3, -0.25) is 9.59 Å². The summed E-state index contributed by atoms with van der Waals surface area (Å²) in [6, 6.07) is 8.84. The molecule has 25 nitrogen and oxygen atoms in total. The van der Waals surface area contributed by atoms with Gasteiger partial charge in [-0.2, -0.15) is 0 Å². The molecule has 0 saturated carbocycles. The van der Waals surface area contributed by atoms with Crippen molar-refractivity contribution in [2.75, 3.05) is 19.8 Å². The van der Waals surface area contributed by atoms with Crippen LogP contribution in [0.5, 0.6) is 17.2 Å². The van der Waals surface area contributed by atoms with Crippen LogP contribution in [0, 0.1) is 0 Å². The number of carbonyl (C=O) groups excluding carboxylic acids is 1. The topological polar surface area (TPSA) is 393 Å². The molecule has 3 aromatic rings. The minimum atomic E-state index is -2.12. The number of phenols is 2. The molecule has 366 valence electrons. The number of benzene rings is 2. The van der Waals surface area contributed by atoms with E-state index >= 15 is 0 Å². The molecule has 7 rings (SSSR count). The Labute approximate surface area is 372 Å². The fourth-order valence-corrected chi connectivity index (χ4v) is 7.82. The number of aliphatic hydroxyl groups is 11. The maximum absolute atomic E-state index is 13.2. The molecule has 0 amide bonds. The summed E-state index contributed by atoms with van der Waals surface area (Å²) in [5.41, 5.74) is -0.559. The van der Waals surface area contributed by atoms with E-state index in [1.54, 1.807) is 0 Å². The number of carbonyl (C=O) groups is 1. The first-order valence-corrected chi connectivity index (χ1v) is 20.6. The number of hydrogen-bond donors (Lipinski definition) is 13. The van der Waals surface area contributed by atoms with Crippen LogP contribution in [-0.2, 0) is 42.7 Å². The quantitative estimate of drug-likeness (QED) is 0.0715. The van der Waals surface area contributed by atoms with Crippen LogP contribution in [0.15, 0.2) is 51.7 Å². The minimum absolute atomic E-state index is 0.0120. The Morgan fingerprint density at radius 3 is 1.83 bits per heavy atom. The predicted octanol–water partition coefficient (Wildman–Crippen LogP) is -4.88. The van der Waals surface area contributed by atoms with Gasteiger partial charge in [0, 0.05) is 30.7 Å². The number of fused-ring (bicyclic) bond motifs is 1. The van der Waals surface area contributed by atoms with Crippen LogP contribution >= 0.6 is 0 Å². The number of aliphatic hydroxyl groups excluding tert-OH is 11. The van der Waals surface area contributed by atoms with Gasteiger partial charge in [-0.05, 0) is 31.2 Å². The summed E-state index contributed by atoms with van der Waals surface area (Å²) in [4.78, 5) is 25.0. The molecule has 25 heteroatoms. The predicted molar refractivity (Wildman–Crippen MR) is 212 cm³/mol. The third-order valence-corrected chi connectivity index (χ3v) is 11.6. The van der Waals surface area contributed by atoms with E-state index in [1.807, 2.05) is 0 Å². The molecule has 1 aromatic heterocycles. The number of hydrogen-bond acceptors (Lipinski definition) is 25. The summed E-state index contributed by atoms with van der Waals surface area (Å²) < 4.78 is 57.4. The number of aromatic hydroxyl groups is 2. The first-order chi connectivity index (χ1) is 31.3. The van der Waals surface area contributed by atoms with Crippen molar-refractivity contribution in [2.24, 2.45) is 0 Å². The number of rotatable bonds is 13. The molecular weight excluding hydrogens is 892 g/mol. The van der Waals surface area contributed by atoms with E-state index in [1.165, 1.54) is 31.2 Å². The Kier molecular flexibility index (Phi) is 15.5. The highest BCUT2D eigenvalue weighted by atomic mass is 16.8. The zero-order valence-corrected chi connectivity index (χ0v) is 34.9. The molecule has 5 heterocycles. The van der Waals surface area contributed by atoms with E-state index in [-0.39, 0.29) is 28.2 Å². The van der Waals surface area contributed by atoms with Gasteiger partial charge < -0.3 is 113 Å². The van der Waals surface area contributed by atoms with Crippen molar-refractivity contribution in [2.45, 2.75) is 137 Å². The Balaban J connectivity index is 1.23. The van der Waals surface area contributed by atoms with E-state index in [4.69, 9.17) is 47.0 Å². The fourth-order valence-electron chi connectivity index (χ4n) is 7.82. The van der Waals surface area contributed by atoms with Crippen molar-refractivity contribution in [3.63, 3.8) is 0 Å². The van der Waals surface area contributed by atoms with E-state index < -0.39 is 160 Å². The molecular formula is C41H52O25. The van der Waals surface area contributed by atoms with Gasteiger partial charge in [0.25, 0.3) is 0 Å². The van der Waals surface area contributed by atoms with Crippen molar-refractivity contribution in [3.05, 3.63) is 52.7 Å². The molecule has 4 fully saturated rings. The van der Waals surface area contributed by atoms with Gasteiger partial charge in [0.05, 0.1) is 19.3 Å². The normalized spacial score (nSPS) is 39.7. The summed E-state index contributed by atoms with van der Waals surface area (Å²) in [5, 5.41) is 139. The highest BCUT2D eigenvalue weighted by Crippen LogP contribution is 2.37. The van der Waals surface area contributed by atoms with Crippen molar-refractivity contribution in [3.8, 4) is 28.6 Å². The first-order valence-electron chi connectivity index (χ1n) is 20.6. The zero-order valence-electron chi connectivity index (χ0n) is 34.9. The molecule has 0 radical (unpaired) electrons. The number of esters is 1. The van der Waals surface area contributed by atoms with E-state index in [2.05, 4.69) is 0 Å². The Morgan fingerprint density at radius 1 is 0.621 bits per heavy atom. The Hall–Kier alpha value is -4.20. The smallest absolute Gasteiger partial charge is 0.302 e. The largest absolute Gasteiger partial charge is 0.508 e. The maximum atomic E-state index is 13.2. The summed E-state index contributed by atoms with van der Waals surface area (Å²) in [6.45, 7) is 0.142. The second-order valence-corrected chi connectivity index (χ2v) is 16.2. The van der Waals surface area contributed by atoms with Crippen LogP contribution < -0.4 is 10.2 Å². The van der Waals surface area contributed by atoms with Gasteiger partial charge in [0.1, 0.15) is 126 Å². The molecule has 20 atom stereocenters. The molecule has 4 aliphatic heterocycles. The average molecular weight is 945 g/mol. The molecule has 0 aliphatic carbocycles. The van der Waals surface area contributed by atoms with Crippen LogP contribution in [0.25, 0.3) is 22.3 Å². The second kappa shape index (κ2) is 20.6. The van der Waals surface area contributed by atoms with E-state index in [0.29, 0.717) is 5.56 Å². The van der Waals surface area contributed by atoms with Crippen molar-refractivity contribution < 1.29 is 118 Å². The van der Waals surface area contributed by atoms with Crippen molar-refractivity contribution >= 4 is 16.9 Å². The van der Waals surface area contributed by atoms with Crippen molar-refractivity contribution in [1.82, 2.24) is 0 Å². The zero-order chi connectivity index (χ0) is 47.9. The minimum Gasteiger partial charge on any atom is -0.508 e. The lowest BCUT2D eigenvalue weighted by molar-refractivity contribution is -0.390. The van der Waals surface area contributed by atoms with Crippen LogP contribution in [0.4, 0.5) is 0 Å². The molecule has 4 aliphatic rings. The Bertz CT molecular complexity index is 2170. The molecule has 20 unspecified atom stereocenters. The molecule has 0 bridgehead atoms. The molecule has 2 aromatic carbocycles. The van der Waals surface area contributed by atoms with Gasteiger partial charge in [-0.1, -0.05) is 0 Å². The van der Waals surface area contributed by atoms with Gasteiger partial charge >= 0.3 is 5.97 Å². The fraction of sp³-hybridized carbons (Fsp3) is 0.610. The van der Waals surface area contributed by atoms with E-state index in [9.17, 15) is 76.0 Å². The van der Waals surface area contributed by atoms with E-state index in [0.717, 1.165) is 25.1 Å². The van der Waals surface area contributed by atoms with Crippen LogP contribution in [0.3, 0.4) is 0 Å².